The molecule has 0 spiro atoms. The van der Waals surface area contributed by atoms with Gasteiger partial charge >= 0.3 is 23.9 Å². The van der Waals surface area contributed by atoms with Crippen molar-refractivity contribution < 1.29 is 52.0 Å². The van der Waals surface area contributed by atoms with Gasteiger partial charge in [-0.25, -0.2) is 0 Å². The molecule has 0 amide bonds. The third-order valence-electron chi connectivity index (χ3n) is 4.19. The number of ether oxygens (including phenoxy) is 6. The van der Waals surface area contributed by atoms with Crippen LogP contribution in [0.5, 0.6) is 5.75 Å². The monoisotopic (exact) mass is 456 g/mol. The summed E-state index contributed by atoms with van der Waals surface area (Å²) < 4.78 is 37.3. The number of hydrogen-bond acceptors (Lipinski definition) is 12. The molecule has 2 rings (SSSR count). The molecule has 32 heavy (non-hydrogen) atoms. The van der Waals surface area contributed by atoms with Gasteiger partial charge in [-0.2, -0.15) is 0 Å². The molecule has 1 fully saturated rings. The van der Waals surface area contributed by atoms with Gasteiger partial charge in [0.1, 0.15) is 18.5 Å². The topological polar surface area (TPSA) is 154 Å². The molecule has 176 valence electrons. The molecule has 1 aromatic heterocycles. The molecular formula is C20H24O12. The van der Waals surface area contributed by atoms with Crippen molar-refractivity contribution in [3.63, 3.8) is 0 Å². The van der Waals surface area contributed by atoms with Crippen LogP contribution in [0.2, 0.25) is 0 Å². The molecule has 0 aliphatic carbocycles. The van der Waals surface area contributed by atoms with E-state index in [1.54, 1.807) is 0 Å². The first-order valence-corrected chi connectivity index (χ1v) is 9.55. The quantitative estimate of drug-likeness (QED) is 0.412. The third kappa shape index (κ3) is 6.54. The van der Waals surface area contributed by atoms with E-state index in [1.807, 2.05) is 0 Å². The van der Waals surface area contributed by atoms with E-state index in [-0.39, 0.29) is 11.5 Å². The van der Waals surface area contributed by atoms with Crippen LogP contribution in [0.1, 0.15) is 33.5 Å². The van der Waals surface area contributed by atoms with Crippen molar-refractivity contribution in [2.45, 2.75) is 65.3 Å². The number of carbonyl (C=O) groups is 4. The van der Waals surface area contributed by atoms with Crippen LogP contribution in [-0.2, 0) is 42.9 Å². The van der Waals surface area contributed by atoms with E-state index in [4.69, 9.17) is 32.8 Å². The van der Waals surface area contributed by atoms with E-state index < -0.39 is 66.6 Å². The molecule has 12 nitrogen and oxygen atoms in total. The molecule has 2 heterocycles. The summed E-state index contributed by atoms with van der Waals surface area (Å²) in [6.07, 6.45) is -5.73. The van der Waals surface area contributed by atoms with Gasteiger partial charge in [0, 0.05) is 33.8 Å². The summed E-state index contributed by atoms with van der Waals surface area (Å²) >= 11 is 0. The maximum Gasteiger partial charge on any atom is 0.303 e. The van der Waals surface area contributed by atoms with E-state index in [1.165, 1.54) is 6.92 Å². The SMILES string of the molecule is CC(=O)OCC1OC(Oc2c(C)occc2=O)C(OC(C)=O)C(OC(C)=O)C1OC(C)=O. The van der Waals surface area contributed by atoms with Crippen molar-refractivity contribution in [2.24, 2.45) is 0 Å². The van der Waals surface area contributed by atoms with Crippen molar-refractivity contribution in [1.82, 2.24) is 0 Å². The van der Waals surface area contributed by atoms with E-state index in [9.17, 15) is 24.0 Å². The largest absolute Gasteiger partial charge is 0.465 e. The Morgan fingerprint density at radius 2 is 1.44 bits per heavy atom. The maximum atomic E-state index is 12.2. The highest BCUT2D eigenvalue weighted by molar-refractivity contribution is 5.68. The third-order valence-corrected chi connectivity index (χ3v) is 4.19. The first-order chi connectivity index (χ1) is 15.0. The first-order valence-electron chi connectivity index (χ1n) is 9.55. The molecule has 0 bridgehead atoms. The number of hydrogen-bond donors (Lipinski definition) is 0. The van der Waals surface area contributed by atoms with Gasteiger partial charge in [0.05, 0.1) is 6.26 Å². The number of carbonyl (C=O) groups excluding carboxylic acids is 4. The average molecular weight is 456 g/mol. The van der Waals surface area contributed by atoms with Crippen LogP contribution in [0, 0.1) is 6.92 Å². The molecular weight excluding hydrogens is 432 g/mol. The smallest absolute Gasteiger partial charge is 0.303 e. The van der Waals surface area contributed by atoms with E-state index in [0.29, 0.717) is 0 Å². The molecule has 0 radical (unpaired) electrons. The summed E-state index contributed by atoms with van der Waals surface area (Å²) in [5.74, 6) is -3.13. The highest BCUT2D eigenvalue weighted by Crippen LogP contribution is 2.31. The van der Waals surface area contributed by atoms with Crippen LogP contribution in [0.4, 0.5) is 0 Å². The molecule has 0 saturated carbocycles. The van der Waals surface area contributed by atoms with Crippen molar-refractivity contribution in [3.8, 4) is 5.75 Å². The highest BCUT2D eigenvalue weighted by atomic mass is 16.7. The normalized spacial score (nSPS) is 24.7. The average Bonchev–Trinajstić information content (AvgIpc) is 2.66. The van der Waals surface area contributed by atoms with Crippen LogP contribution >= 0.6 is 0 Å². The maximum absolute atomic E-state index is 12.2. The second-order valence-electron chi connectivity index (χ2n) is 6.86. The molecule has 0 aromatic carbocycles. The first kappa shape index (κ1) is 24.9. The number of esters is 4. The molecule has 12 heteroatoms. The Bertz CT molecular complexity index is 919. The lowest BCUT2D eigenvalue weighted by molar-refractivity contribution is -0.288. The van der Waals surface area contributed by atoms with Crippen LogP contribution in [0.15, 0.2) is 21.5 Å². The Morgan fingerprint density at radius 1 is 0.875 bits per heavy atom. The van der Waals surface area contributed by atoms with Crippen LogP contribution in [0.25, 0.3) is 0 Å². The van der Waals surface area contributed by atoms with Crippen molar-refractivity contribution in [3.05, 3.63) is 28.3 Å². The fourth-order valence-electron chi connectivity index (χ4n) is 3.04. The Labute approximate surface area is 182 Å². The number of aryl methyl sites for hydroxylation is 1. The van der Waals surface area contributed by atoms with Crippen molar-refractivity contribution in [1.29, 1.82) is 0 Å². The van der Waals surface area contributed by atoms with Crippen molar-refractivity contribution >= 4 is 23.9 Å². The molecule has 0 N–H and O–H groups in total. The lowest BCUT2D eigenvalue weighted by Gasteiger charge is -2.43. The Balaban J connectivity index is 2.51. The van der Waals surface area contributed by atoms with E-state index in [2.05, 4.69) is 0 Å². The van der Waals surface area contributed by atoms with Gasteiger partial charge in [-0.05, 0) is 6.92 Å². The summed E-state index contributed by atoms with van der Waals surface area (Å²) in [5, 5.41) is 0. The lowest BCUT2D eigenvalue weighted by Crippen LogP contribution is -2.63. The minimum atomic E-state index is -1.51. The lowest BCUT2D eigenvalue weighted by atomic mass is 9.98. The zero-order valence-electron chi connectivity index (χ0n) is 18.1. The van der Waals surface area contributed by atoms with Gasteiger partial charge < -0.3 is 32.8 Å². The standard InChI is InChI=1S/C20H24O12/c1-9-16(14(25)6-7-26-9)32-20-19(30-13(5)24)18(29-12(4)23)17(28-11(3)22)15(31-20)8-27-10(2)21/h6-7,15,17-20H,8H2,1-5H3. The van der Waals surface area contributed by atoms with Crippen LogP contribution in [-0.4, -0.2) is 61.2 Å². The fraction of sp³-hybridized carbons (Fsp3) is 0.550. The Hall–Kier alpha value is -3.41. The second-order valence-corrected chi connectivity index (χ2v) is 6.86. The van der Waals surface area contributed by atoms with Gasteiger partial charge in [0.2, 0.25) is 23.6 Å². The minimum absolute atomic E-state index is 0.102. The molecule has 1 aliphatic heterocycles. The number of rotatable bonds is 7. The zero-order valence-corrected chi connectivity index (χ0v) is 18.1. The Kier molecular flexibility index (Phi) is 8.35. The summed E-state index contributed by atoms with van der Waals surface area (Å²) in [7, 11) is 0. The van der Waals surface area contributed by atoms with E-state index in [0.717, 1.165) is 40.0 Å². The second kappa shape index (κ2) is 10.8. The predicted octanol–water partition coefficient (Wildman–Crippen LogP) is 0.410. The van der Waals surface area contributed by atoms with Gasteiger partial charge in [-0.1, -0.05) is 0 Å². The zero-order chi connectivity index (χ0) is 24.0. The van der Waals surface area contributed by atoms with Crippen LogP contribution < -0.4 is 10.2 Å². The van der Waals surface area contributed by atoms with Crippen molar-refractivity contribution in [2.75, 3.05) is 6.61 Å². The summed E-state index contributed by atoms with van der Waals surface area (Å²) in [4.78, 5) is 58.8. The van der Waals surface area contributed by atoms with Crippen LogP contribution in [0.3, 0.4) is 0 Å². The minimum Gasteiger partial charge on any atom is -0.465 e. The molecule has 5 unspecified atom stereocenters. The molecule has 1 aromatic rings. The summed E-state index contributed by atoms with van der Waals surface area (Å²) in [5.41, 5.74) is -0.554. The van der Waals surface area contributed by atoms with Gasteiger partial charge in [0.25, 0.3) is 0 Å². The predicted molar refractivity (Wildman–Crippen MR) is 102 cm³/mol. The van der Waals surface area contributed by atoms with E-state index >= 15 is 0 Å². The van der Waals surface area contributed by atoms with Gasteiger partial charge in [0.15, 0.2) is 12.2 Å². The Morgan fingerprint density at radius 3 is 1.97 bits per heavy atom. The molecule has 1 saturated heterocycles. The van der Waals surface area contributed by atoms with Gasteiger partial charge in [-0.15, -0.1) is 0 Å². The molecule has 5 atom stereocenters. The highest BCUT2D eigenvalue weighted by Gasteiger charge is 2.53. The summed E-state index contributed by atoms with van der Waals surface area (Å²) in [6.45, 7) is 5.49. The fourth-order valence-corrected chi connectivity index (χ4v) is 3.04. The molecule has 1 aliphatic rings. The van der Waals surface area contributed by atoms with Gasteiger partial charge in [-0.3, -0.25) is 24.0 Å². The summed E-state index contributed by atoms with van der Waals surface area (Å²) in [6, 6.07) is 1.10.